The number of anilines is 1. The average Bonchev–Trinajstić information content (AvgIpc) is 2.40. The van der Waals surface area contributed by atoms with Crippen LogP contribution in [0.2, 0.25) is 0 Å². The molecule has 1 aliphatic heterocycles. The third-order valence-corrected chi connectivity index (χ3v) is 2.86. The summed E-state index contributed by atoms with van der Waals surface area (Å²) >= 11 is 0. The summed E-state index contributed by atoms with van der Waals surface area (Å²) in [5.74, 6) is -0.868. The van der Waals surface area contributed by atoms with Crippen LogP contribution in [-0.4, -0.2) is 12.5 Å². The first-order valence-electron chi connectivity index (χ1n) is 5.65. The molecule has 0 bridgehead atoms. The Labute approximate surface area is 107 Å². The molecule has 0 saturated heterocycles. The van der Waals surface area contributed by atoms with E-state index < -0.39 is 11.6 Å². The van der Waals surface area contributed by atoms with Crippen LogP contribution in [0.15, 0.2) is 36.4 Å². The van der Waals surface area contributed by atoms with Crippen molar-refractivity contribution in [2.75, 3.05) is 11.9 Å². The first kappa shape index (κ1) is 11.6. The van der Waals surface area contributed by atoms with E-state index in [0.717, 1.165) is 0 Å². The van der Waals surface area contributed by atoms with E-state index in [-0.39, 0.29) is 18.1 Å². The molecule has 0 saturated carbocycles. The van der Waals surface area contributed by atoms with Crippen LogP contribution >= 0.6 is 0 Å². The molecule has 0 fully saturated rings. The molecule has 1 amide bonds. The molecule has 0 unspecified atom stereocenters. The molecular formula is C14H9F2NO2. The van der Waals surface area contributed by atoms with Crippen LogP contribution in [0.1, 0.15) is 0 Å². The molecule has 1 heterocycles. The van der Waals surface area contributed by atoms with Gasteiger partial charge in [0.2, 0.25) is 0 Å². The van der Waals surface area contributed by atoms with Gasteiger partial charge in [0, 0.05) is 11.6 Å². The molecule has 2 aromatic rings. The molecule has 96 valence electrons. The Hall–Kier alpha value is -2.43. The number of carbonyl (C=O) groups excluding carboxylic acids is 1. The van der Waals surface area contributed by atoms with E-state index in [1.165, 1.54) is 36.4 Å². The zero-order valence-corrected chi connectivity index (χ0v) is 9.74. The summed E-state index contributed by atoms with van der Waals surface area (Å²) < 4.78 is 31.9. The molecule has 0 radical (unpaired) electrons. The first-order chi connectivity index (χ1) is 9.13. The molecule has 3 nitrogen and oxygen atoms in total. The van der Waals surface area contributed by atoms with Crippen molar-refractivity contribution in [3.05, 3.63) is 48.0 Å². The van der Waals surface area contributed by atoms with Crippen LogP contribution in [0.5, 0.6) is 5.75 Å². The van der Waals surface area contributed by atoms with Gasteiger partial charge in [-0.3, -0.25) is 4.79 Å². The Balaban J connectivity index is 2.09. The third kappa shape index (κ3) is 2.14. The number of amides is 1. The predicted molar refractivity (Wildman–Crippen MR) is 65.9 cm³/mol. The minimum atomic E-state index is -0.485. The standard InChI is InChI=1S/C14H9F2NO2/c15-9-3-1-8(2-4-9)10-5-12-13(6-11(10)16)19-7-14(18)17-12/h1-6H,7H2,(H,17,18). The number of nitrogens with one attached hydrogen (secondary N) is 1. The number of rotatable bonds is 1. The van der Waals surface area contributed by atoms with Gasteiger partial charge in [0.25, 0.3) is 5.91 Å². The Morgan fingerprint density at radius 3 is 2.58 bits per heavy atom. The Kier molecular flexibility index (Phi) is 2.67. The highest BCUT2D eigenvalue weighted by Crippen LogP contribution is 2.35. The minimum absolute atomic E-state index is 0.123. The number of benzene rings is 2. The fraction of sp³-hybridized carbons (Fsp3) is 0.0714. The maximum atomic E-state index is 14.0. The maximum absolute atomic E-state index is 14.0. The van der Waals surface area contributed by atoms with Gasteiger partial charge in [-0.15, -0.1) is 0 Å². The third-order valence-electron chi connectivity index (χ3n) is 2.86. The topological polar surface area (TPSA) is 38.3 Å². The van der Waals surface area contributed by atoms with Crippen LogP contribution < -0.4 is 10.1 Å². The second-order valence-electron chi connectivity index (χ2n) is 4.17. The molecule has 0 atom stereocenters. The molecule has 19 heavy (non-hydrogen) atoms. The van der Waals surface area contributed by atoms with Crippen molar-refractivity contribution in [3.63, 3.8) is 0 Å². The highest BCUT2D eigenvalue weighted by molar-refractivity contribution is 5.96. The zero-order chi connectivity index (χ0) is 13.4. The van der Waals surface area contributed by atoms with Crippen molar-refractivity contribution >= 4 is 11.6 Å². The SMILES string of the molecule is O=C1COc2cc(F)c(-c3ccc(F)cc3)cc2N1. The Morgan fingerprint density at radius 2 is 1.84 bits per heavy atom. The number of fused-ring (bicyclic) bond motifs is 1. The van der Waals surface area contributed by atoms with Gasteiger partial charge in [-0.2, -0.15) is 0 Å². The summed E-state index contributed by atoms with van der Waals surface area (Å²) in [4.78, 5) is 11.2. The molecule has 0 spiro atoms. The quantitative estimate of drug-likeness (QED) is 0.857. The summed E-state index contributed by atoms with van der Waals surface area (Å²) in [6, 6.07) is 8.16. The van der Waals surface area contributed by atoms with Crippen molar-refractivity contribution in [2.45, 2.75) is 0 Å². The van der Waals surface area contributed by atoms with Gasteiger partial charge in [0.15, 0.2) is 6.61 Å². The van der Waals surface area contributed by atoms with Crippen molar-refractivity contribution in [2.24, 2.45) is 0 Å². The monoisotopic (exact) mass is 261 g/mol. The number of ether oxygens (including phenoxy) is 1. The lowest BCUT2D eigenvalue weighted by atomic mass is 10.0. The summed E-state index contributed by atoms with van der Waals surface area (Å²) in [6.07, 6.45) is 0. The fourth-order valence-electron chi connectivity index (χ4n) is 1.95. The smallest absolute Gasteiger partial charge is 0.262 e. The van der Waals surface area contributed by atoms with Gasteiger partial charge < -0.3 is 10.1 Å². The van der Waals surface area contributed by atoms with E-state index in [4.69, 9.17) is 4.74 Å². The summed E-state index contributed by atoms with van der Waals surface area (Å²) in [5.41, 5.74) is 1.23. The molecule has 0 aromatic heterocycles. The first-order valence-corrected chi connectivity index (χ1v) is 5.65. The lowest BCUT2D eigenvalue weighted by molar-refractivity contribution is -0.118. The predicted octanol–water partition coefficient (Wildman–Crippen LogP) is 2.96. The van der Waals surface area contributed by atoms with E-state index in [9.17, 15) is 13.6 Å². The molecule has 1 aliphatic rings. The highest BCUT2D eigenvalue weighted by Gasteiger charge is 2.19. The Morgan fingerprint density at radius 1 is 1.11 bits per heavy atom. The fourth-order valence-corrected chi connectivity index (χ4v) is 1.95. The van der Waals surface area contributed by atoms with Gasteiger partial charge >= 0.3 is 0 Å². The van der Waals surface area contributed by atoms with Gasteiger partial charge in [0.05, 0.1) is 5.69 Å². The maximum Gasteiger partial charge on any atom is 0.262 e. The second kappa shape index (κ2) is 4.35. The Bertz CT molecular complexity index is 653. The molecule has 5 heteroatoms. The van der Waals surface area contributed by atoms with E-state index in [1.54, 1.807) is 0 Å². The summed E-state index contributed by atoms with van der Waals surface area (Å²) in [5, 5.41) is 2.60. The number of halogens is 2. The van der Waals surface area contributed by atoms with E-state index in [2.05, 4.69) is 5.32 Å². The van der Waals surface area contributed by atoms with Crippen LogP contribution in [0.3, 0.4) is 0 Å². The molecule has 1 N–H and O–H groups in total. The van der Waals surface area contributed by atoms with Gasteiger partial charge in [-0.05, 0) is 23.8 Å². The summed E-state index contributed by atoms with van der Waals surface area (Å²) in [7, 11) is 0. The van der Waals surface area contributed by atoms with Crippen molar-refractivity contribution in [1.29, 1.82) is 0 Å². The zero-order valence-electron chi connectivity index (χ0n) is 9.74. The van der Waals surface area contributed by atoms with Crippen LogP contribution in [0, 0.1) is 11.6 Å². The normalized spacial score (nSPS) is 13.5. The van der Waals surface area contributed by atoms with E-state index in [0.29, 0.717) is 17.0 Å². The summed E-state index contributed by atoms with van der Waals surface area (Å²) in [6.45, 7) is -0.123. The average molecular weight is 261 g/mol. The van der Waals surface area contributed by atoms with Crippen molar-refractivity contribution in [1.82, 2.24) is 0 Å². The molecular weight excluding hydrogens is 252 g/mol. The van der Waals surface area contributed by atoms with Crippen LogP contribution in [0.4, 0.5) is 14.5 Å². The number of hydrogen-bond acceptors (Lipinski definition) is 2. The van der Waals surface area contributed by atoms with Gasteiger partial charge in [0.1, 0.15) is 17.4 Å². The van der Waals surface area contributed by atoms with E-state index >= 15 is 0 Å². The van der Waals surface area contributed by atoms with Crippen molar-refractivity contribution in [3.8, 4) is 16.9 Å². The van der Waals surface area contributed by atoms with Gasteiger partial charge in [-0.25, -0.2) is 8.78 Å². The lowest BCUT2D eigenvalue weighted by Gasteiger charge is -2.19. The van der Waals surface area contributed by atoms with Crippen molar-refractivity contribution < 1.29 is 18.3 Å². The van der Waals surface area contributed by atoms with E-state index in [1.807, 2.05) is 0 Å². The molecule has 3 rings (SSSR count). The number of hydrogen-bond donors (Lipinski definition) is 1. The second-order valence-corrected chi connectivity index (χ2v) is 4.17. The molecule has 2 aromatic carbocycles. The van der Waals surface area contributed by atoms with Gasteiger partial charge in [-0.1, -0.05) is 12.1 Å². The minimum Gasteiger partial charge on any atom is -0.481 e. The lowest BCUT2D eigenvalue weighted by Crippen LogP contribution is -2.25. The van der Waals surface area contributed by atoms with Crippen LogP contribution in [0.25, 0.3) is 11.1 Å². The highest BCUT2D eigenvalue weighted by atomic mass is 19.1. The largest absolute Gasteiger partial charge is 0.481 e. The van der Waals surface area contributed by atoms with Crippen LogP contribution in [-0.2, 0) is 4.79 Å². The number of carbonyl (C=O) groups is 1. The molecule has 0 aliphatic carbocycles.